The van der Waals surface area contributed by atoms with Crippen molar-refractivity contribution in [1.29, 1.82) is 0 Å². The predicted octanol–water partition coefficient (Wildman–Crippen LogP) is 2.32. The number of carbonyl (C=O) groups is 1. The molecule has 1 N–H and O–H groups in total. The van der Waals surface area contributed by atoms with Crippen molar-refractivity contribution in [1.82, 2.24) is 0 Å². The van der Waals surface area contributed by atoms with Crippen LogP contribution < -0.4 is 9.64 Å². The number of Topliss-reactive ketones (excluding diaryl/α,β-unsaturated/α-hetero) is 1. The van der Waals surface area contributed by atoms with E-state index < -0.39 is 16.4 Å². The van der Waals surface area contributed by atoms with Crippen LogP contribution in [0.1, 0.15) is 15.9 Å². The fraction of sp³-hybridized carbons (Fsp3) is 0.278. The van der Waals surface area contributed by atoms with E-state index >= 15 is 0 Å². The summed E-state index contributed by atoms with van der Waals surface area (Å²) in [6.45, 7) is 0.960. The van der Waals surface area contributed by atoms with E-state index in [0.717, 1.165) is 17.5 Å². The van der Waals surface area contributed by atoms with Crippen molar-refractivity contribution in [2.24, 2.45) is 0 Å². The van der Waals surface area contributed by atoms with E-state index in [9.17, 15) is 13.2 Å². The number of aliphatic hydroxyl groups excluding tert-OH is 1. The Balaban J connectivity index is 1.92. The summed E-state index contributed by atoms with van der Waals surface area (Å²) in [5.41, 5.74) is 1.91. The topological polar surface area (TPSA) is 83.9 Å². The first-order valence-electron chi connectivity index (χ1n) is 7.94. The molecule has 1 aliphatic heterocycles. The minimum absolute atomic E-state index is 0.171. The summed E-state index contributed by atoms with van der Waals surface area (Å²) in [4.78, 5) is 13.9. The molecule has 3 rings (SSSR count). The molecule has 0 saturated carbocycles. The van der Waals surface area contributed by atoms with Crippen molar-refractivity contribution >= 4 is 32.9 Å². The van der Waals surface area contributed by atoms with Crippen molar-refractivity contribution in [2.45, 2.75) is 11.4 Å². The molecule has 2 aromatic carbocycles. The molecule has 0 amide bonds. The number of rotatable bonds is 5. The van der Waals surface area contributed by atoms with Crippen LogP contribution in [0, 0.1) is 0 Å². The van der Waals surface area contributed by atoms with Gasteiger partial charge in [0.05, 0.1) is 17.1 Å². The zero-order valence-electron chi connectivity index (χ0n) is 14.1. The Labute approximate surface area is 156 Å². The molecular formula is C18H18ClNO5S. The fourth-order valence-corrected chi connectivity index (χ4v) is 3.75. The normalized spacial score (nSPS) is 13.9. The number of anilines is 1. The van der Waals surface area contributed by atoms with Crippen LogP contribution in [0.4, 0.5) is 5.69 Å². The molecule has 0 atom stereocenters. The number of hydrogen-bond donors (Lipinski definition) is 1. The molecule has 0 fully saturated rings. The van der Waals surface area contributed by atoms with Crippen LogP contribution >= 0.6 is 11.6 Å². The second-order valence-electron chi connectivity index (χ2n) is 6.06. The average molecular weight is 396 g/mol. The Bertz CT molecular complexity index is 958. The summed E-state index contributed by atoms with van der Waals surface area (Å²) in [7, 11) is -3.32. The molecule has 1 aliphatic rings. The zero-order chi connectivity index (χ0) is 18.9. The number of aliphatic hydroxyl groups is 1. The average Bonchev–Trinajstić information content (AvgIpc) is 2.61. The maximum Gasteiger partial charge on any atom is 0.188 e. The maximum atomic E-state index is 11.8. The summed E-state index contributed by atoms with van der Waals surface area (Å²) in [6.07, 6.45) is 1.14. The largest absolute Gasteiger partial charge is 0.490 e. The van der Waals surface area contributed by atoms with Gasteiger partial charge in [-0.3, -0.25) is 4.79 Å². The van der Waals surface area contributed by atoms with Gasteiger partial charge in [0.2, 0.25) is 0 Å². The highest BCUT2D eigenvalue weighted by Gasteiger charge is 2.21. The number of ether oxygens (including phenoxy) is 1. The first-order chi connectivity index (χ1) is 12.3. The van der Waals surface area contributed by atoms with Gasteiger partial charge in [-0.15, -0.1) is 0 Å². The van der Waals surface area contributed by atoms with E-state index in [0.29, 0.717) is 36.0 Å². The van der Waals surface area contributed by atoms with Gasteiger partial charge in [0, 0.05) is 23.4 Å². The number of nitrogens with zero attached hydrogens (tertiary/aromatic N) is 1. The third-order valence-corrected chi connectivity index (χ3v) is 5.66. The second-order valence-corrected chi connectivity index (χ2v) is 8.48. The SMILES string of the molecule is CS(=O)(=O)c1ccc(CN2CCOc3ccc(C(=O)CO)cc32)c(Cl)c1. The van der Waals surface area contributed by atoms with E-state index in [4.69, 9.17) is 21.4 Å². The number of fused-ring (bicyclic) bond motifs is 1. The summed E-state index contributed by atoms with van der Waals surface area (Å²) in [6, 6.07) is 9.68. The smallest absolute Gasteiger partial charge is 0.188 e. The van der Waals surface area contributed by atoms with Gasteiger partial charge in [-0.25, -0.2) is 8.42 Å². The lowest BCUT2D eigenvalue weighted by molar-refractivity contribution is 0.0903. The first kappa shape index (κ1) is 18.7. The third-order valence-electron chi connectivity index (χ3n) is 4.20. The van der Waals surface area contributed by atoms with Crippen molar-refractivity contribution in [3.05, 3.63) is 52.5 Å². The molecule has 0 saturated heterocycles. The van der Waals surface area contributed by atoms with Gasteiger partial charge in [0.1, 0.15) is 19.0 Å². The van der Waals surface area contributed by atoms with Crippen LogP contribution in [0.15, 0.2) is 41.3 Å². The lowest BCUT2D eigenvalue weighted by atomic mass is 10.1. The van der Waals surface area contributed by atoms with Crippen molar-refractivity contribution in [3.63, 3.8) is 0 Å². The summed E-state index contributed by atoms with van der Waals surface area (Å²) >= 11 is 6.28. The summed E-state index contributed by atoms with van der Waals surface area (Å²) in [5, 5.41) is 9.42. The summed E-state index contributed by atoms with van der Waals surface area (Å²) in [5.74, 6) is 0.281. The van der Waals surface area contributed by atoms with Crippen molar-refractivity contribution in [3.8, 4) is 5.75 Å². The van der Waals surface area contributed by atoms with Crippen LogP contribution in [0.5, 0.6) is 5.75 Å². The zero-order valence-corrected chi connectivity index (χ0v) is 15.7. The Morgan fingerprint density at radius 2 is 2.04 bits per heavy atom. The second kappa shape index (κ2) is 7.26. The number of hydrogen-bond acceptors (Lipinski definition) is 6. The van der Waals surface area contributed by atoms with Crippen LogP contribution in [0.2, 0.25) is 5.02 Å². The highest BCUT2D eigenvalue weighted by molar-refractivity contribution is 7.90. The van der Waals surface area contributed by atoms with Crippen LogP contribution in [0.3, 0.4) is 0 Å². The Hall–Kier alpha value is -2.09. The molecule has 0 radical (unpaired) electrons. The molecule has 8 heteroatoms. The third kappa shape index (κ3) is 3.85. The Morgan fingerprint density at radius 3 is 2.69 bits per heavy atom. The van der Waals surface area contributed by atoms with Gasteiger partial charge in [-0.05, 0) is 35.9 Å². The molecule has 0 aromatic heterocycles. The highest BCUT2D eigenvalue weighted by atomic mass is 35.5. The maximum absolute atomic E-state index is 11.8. The number of ketones is 1. The van der Waals surface area contributed by atoms with Gasteiger partial charge in [0.15, 0.2) is 15.6 Å². The molecule has 0 spiro atoms. The number of benzene rings is 2. The van der Waals surface area contributed by atoms with Gasteiger partial charge >= 0.3 is 0 Å². The van der Waals surface area contributed by atoms with Crippen LogP contribution in [0.25, 0.3) is 0 Å². The molecule has 1 heterocycles. The highest BCUT2D eigenvalue weighted by Crippen LogP contribution is 2.34. The molecule has 2 aromatic rings. The van der Waals surface area contributed by atoms with Crippen molar-refractivity contribution < 1.29 is 23.1 Å². The molecule has 0 bridgehead atoms. The van der Waals surface area contributed by atoms with E-state index in [1.165, 1.54) is 12.1 Å². The minimum Gasteiger partial charge on any atom is -0.490 e. The van der Waals surface area contributed by atoms with Crippen LogP contribution in [-0.2, 0) is 16.4 Å². The predicted molar refractivity (Wildman–Crippen MR) is 99.0 cm³/mol. The molecule has 26 heavy (non-hydrogen) atoms. The molecule has 138 valence electrons. The van der Waals surface area contributed by atoms with E-state index in [1.807, 2.05) is 4.90 Å². The van der Waals surface area contributed by atoms with Gasteiger partial charge in [-0.2, -0.15) is 0 Å². The minimum atomic E-state index is -3.32. The fourth-order valence-electron chi connectivity index (χ4n) is 2.79. The molecule has 0 aliphatic carbocycles. The van der Waals surface area contributed by atoms with Crippen LogP contribution in [-0.4, -0.2) is 45.3 Å². The standard InChI is InChI=1S/C18H18ClNO5S/c1-26(23,24)14-4-2-13(15(19)9-14)10-20-6-7-25-18-5-3-12(8-16(18)20)17(22)11-21/h2-5,8-9,21H,6-7,10-11H2,1H3. The molecular weight excluding hydrogens is 378 g/mol. The Morgan fingerprint density at radius 1 is 1.27 bits per heavy atom. The van der Waals surface area contributed by atoms with E-state index in [-0.39, 0.29) is 10.7 Å². The quantitative estimate of drug-likeness (QED) is 0.782. The number of carbonyl (C=O) groups excluding carboxylic acids is 1. The lowest BCUT2D eigenvalue weighted by Crippen LogP contribution is -2.32. The molecule has 6 nitrogen and oxygen atoms in total. The Kier molecular flexibility index (Phi) is 5.22. The lowest BCUT2D eigenvalue weighted by Gasteiger charge is -2.32. The monoisotopic (exact) mass is 395 g/mol. The summed E-state index contributed by atoms with van der Waals surface area (Å²) < 4.78 is 28.9. The number of halogens is 1. The first-order valence-corrected chi connectivity index (χ1v) is 10.2. The number of sulfone groups is 1. The van der Waals surface area contributed by atoms with Gasteiger partial charge in [-0.1, -0.05) is 17.7 Å². The van der Waals surface area contributed by atoms with Gasteiger partial charge in [0.25, 0.3) is 0 Å². The van der Waals surface area contributed by atoms with Crippen molar-refractivity contribution in [2.75, 3.05) is 30.9 Å². The molecule has 0 unspecified atom stereocenters. The van der Waals surface area contributed by atoms with E-state index in [1.54, 1.807) is 24.3 Å². The van der Waals surface area contributed by atoms with E-state index in [2.05, 4.69) is 0 Å². The van der Waals surface area contributed by atoms with Gasteiger partial charge < -0.3 is 14.7 Å².